The lowest BCUT2D eigenvalue weighted by atomic mass is 10.1. The van der Waals surface area contributed by atoms with Crippen LogP contribution in [0.3, 0.4) is 0 Å². The van der Waals surface area contributed by atoms with E-state index in [0.717, 1.165) is 0 Å². The van der Waals surface area contributed by atoms with Crippen LogP contribution in [-0.4, -0.2) is 30.4 Å². The largest absolute Gasteiger partial charge is 0.355 e. The standard InChI is InChI=1S/C8H17N3O2/c1-6(12)10-4-5-11-7(13)8(2,3)9/h4-5,9H2,1-3H3,(H,10,12)(H,11,13). The molecule has 76 valence electrons. The summed E-state index contributed by atoms with van der Waals surface area (Å²) in [5.41, 5.74) is 4.66. The SMILES string of the molecule is CC(=O)NCCNC(=O)C(C)(C)N. The van der Waals surface area contributed by atoms with Crippen LogP contribution in [0.1, 0.15) is 20.8 Å². The van der Waals surface area contributed by atoms with Gasteiger partial charge >= 0.3 is 0 Å². The van der Waals surface area contributed by atoms with Crippen LogP contribution in [0.2, 0.25) is 0 Å². The Hall–Kier alpha value is -1.10. The lowest BCUT2D eigenvalue weighted by Crippen LogP contribution is -2.50. The Bertz CT molecular complexity index is 196. The van der Waals surface area contributed by atoms with Gasteiger partial charge in [-0.15, -0.1) is 0 Å². The zero-order valence-electron chi connectivity index (χ0n) is 8.31. The molecule has 2 amide bonds. The van der Waals surface area contributed by atoms with E-state index in [-0.39, 0.29) is 11.8 Å². The van der Waals surface area contributed by atoms with Crippen molar-refractivity contribution < 1.29 is 9.59 Å². The summed E-state index contributed by atoms with van der Waals surface area (Å²) in [6.45, 7) is 5.51. The van der Waals surface area contributed by atoms with Crippen LogP contribution in [-0.2, 0) is 9.59 Å². The Morgan fingerprint density at radius 2 is 1.69 bits per heavy atom. The van der Waals surface area contributed by atoms with Gasteiger partial charge < -0.3 is 16.4 Å². The molecule has 0 radical (unpaired) electrons. The number of carbonyl (C=O) groups is 2. The molecular formula is C8H17N3O2. The first kappa shape index (κ1) is 11.9. The highest BCUT2D eigenvalue weighted by atomic mass is 16.2. The molecule has 0 saturated carbocycles. The first-order valence-electron chi connectivity index (χ1n) is 4.15. The molecule has 0 atom stereocenters. The third-order valence-corrected chi connectivity index (χ3v) is 1.37. The Balaban J connectivity index is 3.55. The van der Waals surface area contributed by atoms with Crippen LogP contribution in [0.25, 0.3) is 0 Å². The van der Waals surface area contributed by atoms with Gasteiger partial charge in [-0.3, -0.25) is 9.59 Å². The van der Waals surface area contributed by atoms with Crippen molar-refractivity contribution in [2.75, 3.05) is 13.1 Å². The van der Waals surface area contributed by atoms with E-state index < -0.39 is 5.54 Å². The molecule has 0 heterocycles. The second-order valence-corrected chi connectivity index (χ2v) is 3.46. The second-order valence-electron chi connectivity index (χ2n) is 3.46. The van der Waals surface area contributed by atoms with Crippen LogP contribution in [0.4, 0.5) is 0 Å². The van der Waals surface area contributed by atoms with E-state index in [9.17, 15) is 9.59 Å². The van der Waals surface area contributed by atoms with Gasteiger partial charge in [-0.1, -0.05) is 0 Å². The molecule has 0 saturated heterocycles. The number of hydrogen-bond donors (Lipinski definition) is 3. The maximum atomic E-state index is 11.2. The van der Waals surface area contributed by atoms with E-state index >= 15 is 0 Å². The fourth-order valence-corrected chi connectivity index (χ4v) is 0.642. The number of nitrogens with one attached hydrogen (secondary N) is 2. The van der Waals surface area contributed by atoms with Gasteiger partial charge in [0.1, 0.15) is 0 Å². The molecule has 0 aliphatic rings. The van der Waals surface area contributed by atoms with Gasteiger partial charge in [0, 0.05) is 20.0 Å². The molecule has 0 rings (SSSR count). The van der Waals surface area contributed by atoms with Crippen molar-refractivity contribution >= 4 is 11.8 Å². The highest BCUT2D eigenvalue weighted by molar-refractivity contribution is 5.85. The first-order valence-corrected chi connectivity index (χ1v) is 4.15. The lowest BCUT2D eigenvalue weighted by Gasteiger charge is -2.17. The summed E-state index contributed by atoms with van der Waals surface area (Å²) in [6.07, 6.45) is 0. The molecule has 4 N–H and O–H groups in total. The molecule has 0 unspecified atom stereocenters. The fourth-order valence-electron chi connectivity index (χ4n) is 0.642. The Morgan fingerprint density at radius 1 is 1.23 bits per heavy atom. The number of amides is 2. The monoisotopic (exact) mass is 187 g/mol. The average Bonchev–Trinajstić information content (AvgIpc) is 1.95. The van der Waals surface area contributed by atoms with E-state index in [0.29, 0.717) is 13.1 Å². The lowest BCUT2D eigenvalue weighted by molar-refractivity contribution is -0.125. The third kappa shape index (κ3) is 6.10. The topological polar surface area (TPSA) is 84.2 Å². The number of rotatable bonds is 4. The summed E-state index contributed by atoms with van der Waals surface area (Å²) < 4.78 is 0. The minimum Gasteiger partial charge on any atom is -0.355 e. The first-order chi connectivity index (χ1) is 5.84. The molecule has 13 heavy (non-hydrogen) atoms. The van der Waals surface area contributed by atoms with Crippen LogP contribution in [0.15, 0.2) is 0 Å². The molecule has 0 bridgehead atoms. The highest BCUT2D eigenvalue weighted by Crippen LogP contribution is 1.94. The maximum absolute atomic E-state index is 11.2. The molecule has 5 heteroatoms. The molecule has 0 aromatic rings. The van der Waals surface area contributed by atoms with Gasteiger partial charge in [-0.2, -0.15) is 0 Å². The van der Waals surface area contributed by atoms with Crippen molar-refractivity contribution in [2.45, 2.75) is 26.3 Å². The quantitative estimate of drug-likeness (QED) is 0.492. The van der Waals surface area contributed by atoms with Gasteiger partial charge in [0.05, 0.1) is 5.54 Å². The Kier molecular flexibility index (Phi) is 4.40. The van der Waals surface area contributed by atoms with E-state index in [4.69, 9.17) is 5.73 Å². The Labute approximate surface area is 78.1 Å². The fraction of sp³-hybridized carbons (Fsp3) is 0.750. The smallest absolute Gasteiger partial charge is 0.239 e. The molecule has 0 aliphatic heterocycles. The van der Waals surface area contributed by atoms with E-state index in [2.05, 4.69) is 10.6 Å². The summed E-state index contributed by atoms with van der Waals surface area (Å²) in [5.74, 6) is -0.334. The summed E-state index contributed by atoms with van der Waals surface area (Å²) in [4.78, 5) is 21.6. The molecule has 5 nitrogen and oxygen atoms in total. The van der Waals surface area contributed by atoms with E-state index in [1.165, 1.54) is 6.92 Å². The molecule has 0 aromatic carbocycles. The van der Waals surface area contributed by atoms with Gasteiger partial charge in [-0.25, -0.2) is 0 Å². The minimum atomic E-state index is -0.865. The van der Waals surface area contributed by atoms with Gasteiger partial charge in [0.15, 0.2) is 0 Å². The second kappa shape index (κ2) is 4.81. The predicted octanol–water partition coefficient (Wildman–Crippen LogP) is -1.02. The zero-order valence-corrected chi connectivity index (χ0v) is 8.31. The van der Waals surface area contributed by atoms with Gasteiger partial charge in [0.25, 0.3) is 0 Å². The number of hydrogen-bond acceptors (Lipinski definition) is 3. The Morgan fingerprint density at radius 3 is 2.08 bits per heavy atom. The minimum absolute atomic E-state index is 0.110. The van der Waals surface area contributed by atoms with E-state index in [1.54, 1.807) is 13.8 Å². The van der Waals surface area contributed by atoms with Crippen LogP contribution < -0.4 is 16.4 Å². The van der Waals surface area contributed by atoms with Crippen LogP contribution >= 0.6 is 0 Å². The average molecular weight is 187 g/mol. The predicted molar refractivity (Wildman–Crippen MR) is 50.0 cm³/mol. The van der Waals surface area contributed by atoms with Crippen molar-refractivity contribution in [3.63, 3.8) is 0 Å². The molecule has 0 spiro atoms. The normalized spacial score (nSPS) is 10.8. The molecular weight excluding hydrogens is 170 g/mol. The summed E-state index contributed by atoms with van der Waals surface area (Å²) >= 11 is 0. The van der Waals surface area contributed by atoms with E-state index in [1.807, 2.05) is 0 Å². The summed E-state index contributed by atoms with van der Waals surface area (Å²) in [7, 11) is 0. The van der Waals surface area contributed by atoms with Gasteiger partial charge in [-0.05, 0) is 13.8 Å². The van der Waals surface area contributed by atoms with Crippen molar-refractivity contribution in [1.82, 2.24) is 10.6 Å². The van der Waals surface area contributed by atoms with Crippen molar-refractivity contribution in [3.8, 4) is 0 Å². The van der Waals surface area contributed by atoms with Crippen LogP contribution in [0, 0.1) is 0 Å². The highest BCUT2D eigenvalue weighted by Gasteiger charge is 2.20. The number of carbonyl (C=O) groups excluding carboxylic acids is 2. The molecule has 0 aromatic heterocycles. The molecule has 0 fully saturated rings. The molecule has 0 aliphatic carbocycles. The number of nitrogens with two attached hydrogens (primary N) is 1. The van der Waals surface area contributed by atoms with Crippen molar-refractivity contribution in [1.29, 1.82) is 0 Å². The third-order valence-electron chi connectivity index (χ3n) is 1.37. The maximum Gasteiger partial charge on any atom is 0.239 e. The summed E-state index contributed by atoms with van der Waals surface area (Å²) in [6, 6.07) is 0. The van der Waals surface area contributed by atoms with Crippen molar-refractivity contribution in [3.05, 3.63) is 0 Å². The van der Waals surface area contributed by atoms with Crippen LogP contribution in [0.5, 0.6) is 0 Å². The summed E-state index contributed by atoms with van der Waals surface area (Å²) in [5, 5.41) is 5.16. The van der Waals surface area contributed by atoms with Gasteiger partial charge in [0.2, 0.25) is 11.8 Å². The van der Waals surface area contributed by atoms with Crippen molar-refractivity contribution in [2.24, 2.45) is 5.73 Å². The zero-order chi connectivity index (χ0) is 10.5.